The molecule has 0 fully saturated rings. The van der Waals surface area contributed by atoms with Crippen LogP contribution in [0.4, 0.5) is 22.0 Å². The number of rotatable bonds is 4. The summed E-state index contributed by atoms with van der Waals surface area (Å²) in [5.74, 6) is -4.87. The fraction of sp³-hybridized carbons (Fsp3) is 0.182. The number of hydrogen-bond acceptors (Lipinski definition) is 0. The largest absolute Gasteiger partial charge is 0.255 e. The minimum atomic E-state index is -1.56. The molecule has 3 aromatic carbocycles. The van der Waals surface area contributed by atoms with Crippen molar-refractivity contribution in [1.82, 2.24) is 0 Å². The molecule has 0 aliphatic heterocycles. The summed E-state index contributed by atoms with van der Waals surface area (Å²) in [4.78, 5) is 0. The van der Waals surface area contributed by atoms with Crippen molar-refractivity contribution in [2.75, 3.05) is 7.18 Å². The van der Waals surface area contributed by atoms with E-state index in [-0.39, 0.29) is 11.1 Å². The molecule has 0 aliphatic carbocycles. The second-order valence-electron chi connectivity index (χ2n) is 5.90. The molecule has 0 N–H and O–H groups in total. The van der Waals surface area contributed by atoms with Gasteiger partial charge in [0.1, 0.15) is 5.82 Å². The van der Waals surface area contributed by atoms with E-state index in [1.807, 2.05) is 24.3 Å². The monoisotopic (exact) mass is 378 g/mol. The van der Waals surface area contributed by atoms with Crippen LogP contribution in [0.3, 0.4) is 0 Å². The summed E-state index contributed by atoms with van der Waals surface area (Å²) in [6.07, 6.45) is 2.03. The Morgan fingerprint density at radius 2 is 1.15 bits per heavy atom. The zero-order valence-corrected chi connectivity index (χ0v) is 15.0. The van der Waals surface area contributed by atoms with E-state index >= 15 is 0 Å². The average Bonchev–Trinajstić information content (AvgIpc) is 2.68. The van der Waals surface area contributed by atoms with Gasteiger partial charge in [-0.15, -0.1) is 0 Å². The predicted octanol–water partition coefficient (Wildman–Crippen LogP) is 7.12. The second-order valence-corrected chi connectivity index (χ2v) is 5.90. The zero-order valence-electron chi connectivity index (χ0n) is 15.0. The summed E-state index contributed by atoms with van der Waals surface area (Å²) in [5, 5.41) is 0. The van der Waals surface area contributed by atoms with E-state index in [1.54, 1.807) is 6.07 Å². The summed E-state index contributed by atoms with van der Waals surface area (Å²) in [7, 11) is 0.500. The van der Waals surface area contributed by atoms with Gasteiger partial charge in [-0.1, -0.05) is 49.7 Å². The van der Waals surface area contributed by atoms with Crippen LogP contribution in [0.5, 0.6) is 0 Å². The number of hydrogen-bond donors (Lipinski definition) is 0. The van der Waals surface area contributed by atoms with E-state index in [9.17, 15) is 22.0 Å². The molecule has 0 nitrogen and oxygen atoms in total. The van der Waals surface area contributed by atoms with Gasteiger partial charge >= 0.3 is 0 Å². The first-order chi connectivity index (χ1) is 13.0. The SMILES string of the molecule is CCCc1ccc(-c2ccc(-c3cc(F)c(F)c(F)c3)c(F)c2)cc1.CF. The molecule has 0 radical (unpaired) electrons. The Bertz CT molecular complexity index is 878. The van der Waals surface area contributed by atoms with Crippen LogP contribution in [0, 0.1) is 23.3 Å². The third-order valence-electron chi connectivity index (χ3n) is 4.09. The van der Waals surface area contributed by atoms with Gasteiger partial charge in [0.25, 0.3) is 0 Å². The molecular weight excluding hydrogens is 359 g/mol. The van der Waals surface area contributed by atoms with Crippen molar-refractivity contribution in [1.29, 1.82) is 0 Å². The van der Waals surface area contributed by atoms with Gasteiger partial charge in [0.15, 0.2) is 17.5 Å². The summed E-state index contributed by atoms with van der Waals surface area (Å²) in [5.41, 5.74) is 2.69. The smallest absolute Gasteiger partial charge is 0.194 e. The fourth-order valence-corrected chi connectivity index (χ4v) is 2.79. The lowest BCUT2D eigenvalue weighted by molar-refractivity contribution is 0.447. The maximum atomic E-state index is 14.4. The van der Waals surface area contributed by atoms with Crippen molar-refractivity contribution in [3.63, 3.8) is 0 Å². The van der Waals surface area contributed by atoms with Crippen molar-refractivity contribution in [3.05, 3.63) is 83.4 Å². The van der Waals surface area contributed by atoms with Crippen LogP contribution < -0.4 is 0 Å². The van der Waals surface area contributed by atoms with Crippen molar-refractivity contribution in [2.24, 2.45) is 0 Å². The van der Waals surface area contributed by atoms with Gasteiger partial charge in [-0.25, -0.2) is 17.6 Å². The molecule has 0 unspecified atom stereocenters. The van der Waals surface area contributed by atoms with Crippen LogP contribution in [0.1, 0.15) is 18.9 Å². The highest BCUT2D eigenvalue weighted by molar-refractivity contribution is 5.71. The molecule has 0 aromatic heterocycles. The third kappa shape index (κ3) is 4.73. The molecule has 0 saturated heterocycles. The van der Waals surface area contributed by atoms with E-state index < -0.39 is 23.3 Å². The minimum Gasteiger partial charge on any atom is -0.255 e. The molecule has 0 heterocycles. The molecule has 27 heavy (non-hydrogen) atoms. The Labute approximate surface area is 155 Å². The van der Waals surface area contributed by atoms with E-state index in [2.05, 4.69) is 6.92 Å². The Morgan fingerprint density at radius 1 is 0.630 bits per heavy atom. The minimum absolute atomic E-state index is 0.0177. The van der Waals surface area contributed by atoms with Gasteiger partial charge in [0.05, 0.1) is 7.18 Å². The lowest BCUT2D eigenvalue weighted by Gasteiger charge is -2.09. The molecule has 3 rings (SSSR count). The maximum Gasteiger partial charge on any atom is 0.194 e. The first-order valence-electron chi connectivity index (χ1n) is 8.41. The van der Waals surface area contributed by atoms with Gasteiger partial charge in [-0.3, -0.25) is 4.39 Å². The summed E-state index contributed by atoms with van der Waals surface area (Å²) >= 11 is 0. The Kier molecular flexibility index (Phi) is 7.11. The standard InChI is InChI=1S/C21H16F4.CH3F/c1-2-3-13-4-6-14(7-5-13)15-8-9-17(18(22)10-15)16-11-19(23)21(25)20(24)12-16;1-2/h4-12H,2-3H2,1H3;1H3. The Balaban J connectivity index is 0.00000126. The van der Waals surface area contributed by atoms with E-state index in [0.717, 1.165) is 30.5 Å². The van der Waals surface area contributed by atoms with E-state index in [4.69, 9.17) is 0 Å². The third-order valence-corrected chi connectivity index (χ3v) is 4.09. The van der Waals surface area contributed by atoms with Gasteiger partial charge in [-0.05, 0) is 46.9 Å². The lowest BCUT2D eigenvalue weighted by Crippen LogP contribution is -1.94. The van der Waals surface area contributed by atoms with Crippen LogP contribution in [0.15, 0.2) is 54.6 Å². The van der Waals surface area contributed by atoms with Crippen LogP contribution >= 0.6 is 0 Å². The summed E-state index contributed by atoms with van der Waals surface area (Å²) < 4.78 is 63.7. The molecule has 0 bridgehead atoms. The Hall–Kier alpha value is -2.69. The molecule has 142 valence electrons. The van der Waals surface area contributed by atoms with Gasteiger partial charge < -0.3 is 0 Å². The van der Waals surface area contributed by atoms with Crippen LogP contribution in [0.25, 0.3) is 22.3 Å². The molecule has 0 saturated carbocycles. The summed E-state index contributed by atoms with van der Waals surface area (Å²) in [6, 6.07) is 13.8. The zero-order chi connectivity index (χ0) is 20.0. The van der Waals surface area contributed by atoms with Gasteiger partial charge in [0.2, 0.25) is 0 Å². The average molecular weight is 378 g/mol. The van der Waals surface area contributed by atoms with Crippen LogP contribution in [-0.2, 0) is 6.42 Å². The molecule has 0 atom stereocenters. The maximum absolute atomic E-state index is 14.4. The number of halogens is 5. The quantitative estimate of drug-likeness (QED) is 0.335. The van der Waals surface area contributed by atoms with Crippen LogP contribution in [-0.4, -0.2) is 7.18 Å². The molecule has 5 heteroatoms. The van der Waals surface area contributed by atoms with Crippen LogP contribution in [0.2, 0.25) is 0 Å². The Morgan fingerprint density at radius 3 is 1.67 bits per heavy atom. The first-order valence-corrected chi connectivity index (χ1v) is 8.41. The topological polar surface area (TPSA) is 0 Å². The number of benzene rings is 3. The molecule has 0 aliphatic rings. The van der Waals surface area contributed by atoms with Gasteiger partial charge in [-0.2, -0.15) is 0 Å². The molecule has 0 amide bonds. The van der Waals surface area contributed by atoms with Gasteiger partial charge in [0, 0.05) is 5.56 Å². The van der Waals surface area contributed by atoms with Crippen molar-refractivity contribution < 1.29 is 22.0 Å². The molecule has 3 aromatic rings. The highest BCUT2D eigenvalue weighted by atomic mass is 19.2. The highest BCUT2D eigenvalue weighted by Crippen LogP contribution is 2.30. The first kappa shape index (κ1) is 20.6. The molecular formula is C22H19F5. The van der Waals surface area contributed by atoms with E-state index in [1.165, 1.54) is 17.7 Å². The second kappa shape index (κ2) is 9.31. The lowest BCUT2D eigenvalue weighted by atomic mass is 9.98. The number of aryl methyl sites for hydroxylation is 1. The normalized spacial score (nSPS) is 10.3. The highest BCUT2D eigenvalue weighted by Gasteiger charge is 2.14. The van der Waals surface area contributed by atoms with E-state index in [0.29, 0.717) is 12.7 Å². The number of alkyl halides is 1. The predicted molar refractivity (Wildman–Crippen MR) is 98.2 cm³/mol. The van der Waals surface area contributed by atoms with Crippen molar-refractivity contribution in [3.8, 4) is 22.3 Å². The molecule has 0 spiro atoms. The summed E-state index contributed by atoms with van der Waals surface area (Å²) in [6.45, 7) is 2.10. The fourth-order valence-electron chi connectivity index (χ4n) is 2.79. The van der Waals surface area contributed by atoms with Crippen molar-refractivity contribution >= 4 is 0 Å². The van der Waals surface area contributed by atoms with Crippen molar-refractivity contribution in [2.45, 2.75) is 19.8 Å².